The number of nitrogens with two attached hydrogens (primary N) is 1. The quantitative estimate of drug-likeness (QED) is 0.628. The number of hydrogen-bond acceptors (Lipinski definition) is 5. The summed E-state index contributed by atoms with van der Waals surface area (Å²) < 4.78 is 9.68. The maximum atomic E-state index is 11.9. The van der Waals surface area contributed by atoms with Crippen LogP contribution in [0.1, 0.15) is 35.7 Å². The zero-order valence-corrected chi connectivity index (χ0v) is 11.3. The summed E-state index contributed by atoms with van der Waals surface area (Å²) in [6, 6.07) is 5.16. The lowest BCUT2D eigenvalue weighted by Gasteiger charge is -2.11. The van der Waals surface area contributed by atoms with Gasteiger partial charge in [-0.3, -0.25) is 4.79 Å². The van der Waals surface area contributed by atoms with Crippen LogP contribution in [0.15, 0.2) is 18.2 Å². The molecule has 0 unspecified atom stereocenters. The van der Waals surface area contributed by atoms with E-state index in [1.54, 1.807) is 18.2 Å². The summed E-state index contributed by atoms with van der Waals surface area (Å²) in [5.41, 5.74) is 7.23. The predicted octanol–water partition coefficient (Wildman–Crippen LogP) is 1.94. The number of ether oxygens (including phenoxy) is 2. The van der Waals surface area contributed by atoms with E-state index >= 15 is 0 Å². The third-order valence-corrected chi connectivity index (χ3v) is 2.65. The summed E-state index contributed by atoms with van der Waals surface area (Å²) in [6.07, 6.45) is 1.35. The molecule has 0 aromatic heterocycles. The van der Waals surface area contributed by atoms with Crippen molar-refractivity contribution in [3.63, 3.8) is 0 Å². The fraction of sp³-hybridized carbons (Fsp3) is 0.429. The Hall–Kier alpha value is -2.04. The molecule has 0 spiro atoms. The first-order valence-electron chi connectivity index (χ1n) is 6.21. The maximum absolute atomic E-state index is 11.9. The number of esters is 2. The van der Waals surface area contributed by atoms with Gasteiger partial charge in [0.2, 0.25) is 0 Å². The predicted molar refractivity (Wildman–Crippen MR) is 71.8 cm³/mol. The van der Waals surface area contributed by atoms with Crippen molar-refractivity contribution in [1.29, 1.82) is 0 Å². The highest BCUT2D eigenvalue weighted by Gasteiger charge is 2.16. The van der Waals surface area contributed by atoms with E-state index in [4.69, 9.17) is 10.5 Å². The molecule has 0 fully saturated rings. The van der Waals surface area contributed by atoms with Crippen molar-refractivity contribution in [2.45, 2.75) is 26.2 Å². The van der Waals surface area contributed by atoms with E-state index in [1.165, 1.54) is 7.11 Å². The second-order valence-corrected chi connectivity index (χ2v) is 4.09. The highest BCUT2D eigenvalue weighted by molar-refractivity contribution is 5.96. The monoisotopic (exact) mass is 265 g/mol. The number of carbonyl (C=O) groups excluding carboxylic acids is 2. The third-order valence-electron chi connectivity index (χ3n) is 2.65. The lowest BCUT2D eigenvalue weighted by molar-refractivity contribution is -0.140. The smallest absolute Gasteiger partial charge is 0.340 e. The molecule has 0 aliphatic rings. The van der Waals surface area contributed by atoms with Gasteiger partial charge in [0.1, 0.15) is 0 Å². The van der Waals surface area contributed by atoms with Crippen LogP contribution in [-0.2, 0) is 20.7 Å². The second kappa shape index (κ2) is 7.41. The molecule has 0 saturated carbocycles. The summed E-state index contributed by atoms with van der Waals surface area (Å²) in [7, 11) is 1.33. The molecule has 5 nitrogen and oxygen atoms in total. The Morgan fingerprint density at radius 3 is 2.68 bits per heavy atom. The molecule has 0 bridgehead atoms. The highest BCUT2D eigenvalue weighted by atomic mass is 16.5. The Morgan fingerprint density at radius 1 is 1.32 bits per heavy atom. The van der Waals surface area contributed by atoms with Gasteiger partial charge in [-0.25, -0.2) is 4.79 Å². The standard InChI is InChI=1S/C14H19NO4/c1-3-9-19-14(17)13-10(5-4-6-11(13)15)7-8-12(16)18-2/h4-6H,3,7-9,15H2,1-2H3. The molecule has 19 heavy (non-hydrogen) atoms. The first kappa shape index (κ1) is 15.0. The molecule has 1 aromatic carbocycles. The molecule has 0 amide bonds. The normalized spacial score (nSPS) is 10.0. The number of methoxy groups -OCH3 is 1. The number of rotatable bonds is 6. The molecule has 0 atom stereocenters. The van der Waals surface area contributed by atoms with E-state index in [1.807, 2.05) is 6.92 Å². The second-order valence-electron chi connectivity index (χ2n) is 4.09. The van der Waals surface area contributed by atoms with Crippen molar-refractivity contribution < 1.29 is 19.1 Å². The Labute approximate surface area is 112 Å². The van der Waals surface area contributed by atoms with Crippen LogP contribution in [0.25, 0.3) is 0 Å². The lowest BCUT2D eigenvalue weighted by atomic mass is 10.0. The van der Waals surface area contributed by atoms with E-state index < -0.39 is 5.97 Å². The first-order chi connectivity index (χ1) is 9.10. The number of nitrogen functional groups attached to an aromatic ring is 1. The molecule has 5 heteroatoms. The van der Waals surface area contributed by atoms with Crippen molar-refractivity contribution >= 4 is 17.6 Å². The topological polar surface area (TPSA) is 78.6 Å². The van der Waals surface area contributed by atoms with E-state index in [-0.39, 0.29) is 12.4 Å². The molecular weight excluding hydrogens is 246 g/mol. The number of benzene rings is 1. The molecule has 1 rings (SSSR count). The molecule has 2 N–H and O–H groups in total. The highest BCUT2D eigenvalue weighted by Crippen LogP contribution is 2.20. The molecule has 0 heterocycles. The largest absolute Gasteiger partial charge is 0.469 e. The summed E-state index contributed by atoms with van der Waals surface area (Å²) in [5.74, 6) is -0.768. The van der Waals surface area contributed by atoms with Crippen LogP contribution in [0.5, 0.6) is 0 Å². The van der Waals surface area contributed by atoms with E-state index in [0.29, 0.717) is 29.8 Å². The van der Waals surface area contributed by atoms with Gasteiger partial charge in [-0.2, -0.15) is 0 Å². The van der Waals surface area contributed by atoms with Crippen molar-refractivity contribution in [3.05, 3.63) is 29.3 Å². The van der Waals surface area contributed by atoms with Crippen molar-refractivity contribution in [3.8, 4) is 0 Å². The summed E-state index contributed by atoms with van der Waals surface area (Å²) in [4.78, 5) is 23.1. The summed E-state index contributed by atoms with van der Waals surface area (Å²) in [5, 5.41) is 0. The average molecular weight is 265 g/mol. The minimum absolute atomic E-state index is 0.202. The van der Waals surface area contributed by atoms with Gasteiger partial charge in [0.25, 0.3) is 0 Å². The van der Waals surface area contributed by atoms with Crippen LogP contribution >= 0.6 is 0 Å². The van der Waals surface area contributed by atoms with Crippen LogP contribution in [0.4, 0.5) is 5.69 Å². The van der Waals surface area contributed by atoms with Crippen molar-refractivity contribution in [1.82, 2.24) is 0 Å². The Kier molecular flexibility index (Phi) is 5.85. The number of hydrogen-bond donors (Lipinski definition) is 1. The Balaban J connectivity index is 2.88. The van der Waals surface area contributed by atoms with E-state index in [2.05, 4.69) is 4.74 Å². The average Bonchev–Trinajstić information content (AvgIpc) is 2.42. The van der Waals surface area contributed by atoms with Crippen LogP contribution in [0.2, 0.25) is 0 Å². The molecule has 0 aliphatic heterocycles. The first-order valence-corrected chi connectivity index (χ1v) is 6.21. The minimum atomic E-state index is -0.445. The van der Waals surface area contributed by atoms with Gasteiger partial charge in [-0.15, -0.1) is 0 Å². The Bertz CT molecular complexity index is 457. The summed E-state index contributed by atoms with van der Waals surface area (Å²) >= 11 is 0. The molecule has 0 aliphatic carbocycles. The minimum Gasteiger partial charge on any atom is -0.469 e. The fourth-order valence-corrected chi connectivity index (χ4v) is 1.68. The van der Waals surface area contributed by atoms with E-state index in [9.17, 15) is 9.59 Å². The van der Waals surface area contributed by atoms with Gasteiger partial charge in [-0.05, 0) is 24.5 Å². The van der Waals surface area contributed by atoms with Crippen molar-refractivity contribution in [2.75, 3.05) is 19.5 Å². The molecule has 0 radical (unpaired) electrons. The molecule has 0 saturated heterocycles. The number of carbonyl (C=O) groups is 2. The molecule has 104 valence electrons. The zero-order chi connectivity index (χ0) is 14.3. The number of aryl methyl sites for hydroxylation is 1. The van der Waals surface area contributed by atoms with Gasteiger partial charge in [-0.1, -0.05) is 19.1 Å². The zero-order valence-electron chi connectivity index (χ0n) is 11.3. The van der Waals surface area contributed by atoms with Crippen LogP contribution in [0.3, 0.4) is 0 Å². The Morgan fingerprint density at radius 2 is 2.05 bits per heavy atom. The maximum Gasteiger partial charge on any atom is 0.340 e. The van der Waals surface area contributed by atoms with Crippen LogP contribution in [-0.4, -0.2) is 25.7 Å². The van der Waals surface area contributed by atoms with Gasteiger partial charge >= 0.3 is 11.9 Å². The van der Waals surface area contributed by atoms with Gasteiger partial charge in [0.15, 0.2) is 0 Å². The summed E-state index contributed by atoms with van der Waals surface area (Å²) in [6.45, 7) is 2.27. The van der Waals surface area contributed by atoms with Gasteiger partial charge < -0.3 is 15.2 Å². The van der Waals surface area contributed by atoms with Gasteiger partial charge in [0, 0.05) is 12.1 Å². The molecular formula is C14H19NO4. The fourth-order valence-electron chi connectivity index (χ4n) is 1.68. The SMILES string of the molecule is CCCOC(=O)c1c(N)cccc1CCC(=O)OC. The van der Waals surface area contributed by atoms with Gasteiger partial charge in [0.05, 0.1) is 19.3 Å². The number of anilines is 1. The van der Waals surface area contributed by atoms with E-state index in [0.717, 1.165) is 6.42 Å². The molecule has 1 aromatic rings. The lowest BCUT2D eigenvalue weighted by Crippen LogP contribution is -2.13. The van der Waals surface area contributed by atoms with Crippen LogP contribution in [0, 0.1) is 0 Å². The van der Waals surface area contributed by atoms with Crippen molar-refractivity contribution in [2.24, 2.45) is 0 Å². The van der Waals surface area contributed by atoms with Crippen LogP contribution < -0.4 is 5.73 Å². The third kappa shape index (κ3) is 4.28.